The van der Waals surface area contributed by atoms with E-state index in [0.29, 0.717) is 12.1 Å². The van der Waals surface area contributed by atoms with Gasteiger partial charge >= 0.3 is 5.97 Å². The Morgan fingerprint density at radius 3 is 2.60 bits per heavy atom. The van der Waals surface area contributed by atoms with Crippen molar-refractivity contribution >= 4 is 17.8 Å². The SMILES string of the molecule is CCn1c(C)cc(C)c(C(=O)N2C[C@H]3C(=O)NC[C@@]3(C(=O)O)C2)c1=O. The number of carboxylic acid groups (broad SMARTS) is 1. The van der Waals surface area contributed by atoms with Crippen molar-refractivity contribution in [1.82, 2.24) is 14.8 Å². The second-order valence-electron chi connectivity index (χ2n) is 6.81. The van der Waals surface area contributed by atoms with Crippen LogP contribution in [0.15, 0.2) is 10.9 Å². The van der Waals surface area contributed by atoms with Crippen LogP contribution in [0.4, 0.5) is 0 Å². The minimum atomic E-state index is -1.31. The summed E-state index contributed by atoms with van der Waals surface area (Å²) in [6.07, 6.45) is 0. The topological polar surface area (TPSA) is 109 Å². The number of amides is 2. The molecule has 0 spiro atoms. The molecular weight excluding hydrogens is 326 g/mol. The average molecular weight is 347 g/mol. The Hall–Kier alpha value is -2.64. The molecule has 1 aromatic heterocycles. The van der Waals surface area contributed by atoms with Crippen LogP contribution in [-0.4, -0.2) is 52.0 Å². The van der Waals surface area contributed by atoms with Crippen molar-refractivity contribution in [2.24, 2.45) is 11.3 Å². The fourth-order valence-electron chi connectivity index (χ4n) is 3.98. The van der Waals surface area contributed by atoms with Crippen molar-refractivity contribution in [2.45, 2.75) is 27.3 Å². The van der Waals surface area contributed by atoms with Crippen molar-refractivity contribution in [3.8, 4) is 0 Å². The fourth-order valence-corrected chi connectivity index (χ4v) is 3.98. The molecule has 2 fully saturated rings. The van der Waals surface area contributed by atoms with Crippen LogP contribution in [0, 0.1) is 25.2 Å². The minimum absolute atomic E-state index is 0.00167. The number of carboxylic acids is 1. The lowest BCUT2D eigenvalue weighted by molar-refractivity contribution is -0.149. The van der Waals surface area contributed by atoms with E-state index in [2.05, 4.69) is 5.32 Å². The third kappa shape index (κ3) is 2.35. The molecule has 0 unspecified atom stereocenters. The highest BCUT2D eigenvalue weighted by atomic mass is 16.4. The van der Waals surface area contributed by atoms with Gasteiger partial charge in [0.15, 0.2) is 0 Å². The molecule has 2 aliphatic heterocycles. The summed E-state index contributed by atoms with van der Waals surface area (Å²) in [5.41, 5.74) is -0.316. The first kappa shape index (κ1) is 17.2. The highest BCUT2D eigenvalue weighted by molar-refractivity contribution is 5.99. The lowest BCUT2D eigenvalue weighted by atomic mass is 9.81. The van der Waals surface area contributed by atoms with E-state index >= 15 is 0 Å². The molecule has 2 aliphatic rings. The molecule has 25 heavy (non-hydrogen) atoms. The number of hydrogen-bond acceptors (Lipinski definition) is 4. The molecule has 8 heteroatoms. The van der Waals surface area contributed by atoms with Gasteiger partial charge in [0.25, 0.3) is 11.5 Å². The lowest BCUT2D eigenvalue weighted by Gasteiger charge is -2.22. The van der Waals surface area contributed by atoms with E-state index in [9.17, 15) is 24.3 Å². The summed E-state index contributed by atoms with van der Waals surface area (Å²) in [4.78, 5) is 50.7. The number of aliphatic carboxylic acids is 1. The Balaban J connectivity index is 2.00. The summed E-state index contributed by atoms with van der Waals surface area (Å²) in [6.45, 7) is 5.69. The normalized spacial score (nSPS) is 25.0. The van der Waals surface area contributed by atoms with E-state index in [4.69, 9.17) is 0 Å². The number of fused-ring (bicyclic) bond motifs is 1. The molecule has 3 heterocycles. The van der Waals surface area contributed by atoms with Crippen LogP contribution in [0.5, 0.6) is 0 Å². The molecule has 1 aromatic rings. The molecule has 2 N–H and O–H groups in total. The zero-order valence-corrected chi connectivity index (χ0v) is 14.5. The zero-order valence-electron chi connectivity index (χ0n) is 14.5. The number of pyridine rings is 1. The number of nitrogens with zero attached hydrogens (tertiary/aromatic N) is 2. The molecule has 3 rings (SSSR count). The number of carbonyl (C=O) groups is 3. The van der Waals surface area contributed by atoms with E-state index in [0.717, 1.165) is 5.69 Å². The van der Waals surface area contributed by atoms with Gasteiger partial charge in [-0.3, -0.25) is 19.2 Å². The Bertz CT molecular complexity index is 843. The van der Waals surface area contributed by atoms with Crippen LogP contribution in [0.25, 0.3) is 0 Å². The maximum atomic E-state index is 13.0. The molecular formula is C17H21N3O5. The van der Waals surface area contributed by atoms with Crippen molar-refractivity contribution in [2.75, 3.05) is 19.6 Å². The summed E-state index contributed by atoms with van der Waals surface area (Å²) >= 11 is 0. The van der Waals surface area contributed by atoms with E-state index in [1.165, 1.54) is 9.47 Å². The third-order valence-electron chi connectivity index (χ3n) is 5.39. The van der Waals surface area contributed by atoms with Crippen LogP contribution in [0.2, 0.25) is 0 Å². The van der Waals surface area contributed by atoms with Gasteiger partial charge in [0.2, 0.25) is 5.91 Å². The van der Waals surface area contributed by atoms with Crippen molar-refractivity contribution < 1.29 is 19.5 Å². The van der Waals surface area contributed by atoms with Crippen molar-refractivity contribution in [3.05, 3.63) is 33.2 Å². The van der Waals surface area contributed by atoms with Crippen LogP contribution in [0.1, 0.15) is 28.5 Å². The van der Waals surface area contributed by atoms with Gasteiger partial charge in [0.05, 0.1) is 5.92 Å². The van der Waals surface area contributed by atoms with Crippen molar-refractivity contribution in [3.63, 3.8) is 0 Å². The number of nitrogens with one attached hydrogen (secondary N) is 1. The summed E-state index contributed by atoms with van der Waals surface area (Å²) < 4.78 is 1.51. The Kier molecular flexibility index (Phi) is 3.93. The first-order chi connectivity index (χ1) is 11.7. The predicted molar refractivity (Wildman–Crippen MR) is 88.3 cm³/mol. The summed E-state index contributed by atoms with van der Waals surface area (Å²) in [5.74, 6) is -2.75. The van der Waals surface area contributed by atoms with Gasteiger partial charge in [-0.2, -0.15) is 0 Å². The largest absolute Gasteiger partial charge is 0.481 e. The Morgan fingerprint density at radius 2 is 2.04 bits per heavy atom. The highest BCUT2D eigenvalue weighted by Crippen LogP contribution is 2.40. The summed E-state index contributed by atoms with van der Waals surface area (Å²) in [6, 6.07) is 1.77. The van der Waals surface area contributed by atoms with Gasteiger partial charge in [-0.15, -0.1) is 0 Å². The molecule has 0 bridgehead atoms. The maximum absolute atomic E-state index is 13.0. The van der Waals surface area contributed by atoms with Gasteiger partial charge in [0.1, 0.15) is 11.0 Å². The van der Waals surface area contributed by atoms with E-state index in [1.54, 1.807) is 19.9 Å². The van der Waals surface area contributed by atoms with Gasteiger partial charge < -0.3 is 19.9 Å². The first-order valence-corrected chi connectivity index (χ1v) is 8.24. The smallest absolute Gasteiger partial charge is 0.314 e. The van der Waals surface area contributed by atoms with Gasteiger partial charge in [-0.05, 0) is 32.4 Å². The molecule has 0 aromatic carbocycles. The van der Waals surface area contributed by atoms with Crippen LogP contribution >= 0.6 is 0 Å². The van der Waals surface area contributed by atoms with Crippen LogP contribution in [0.3, 0.4) is 0 Å². The van der Waals surface area contributed by atoms with E-state index in [-0.39, 0.29) is 36.7 Å². The number of carbonyl (C=O) groups excluding carboxylic acids is 2. The standard InChI is InChI=1S/C17H21N3O5/c1-4-20-10(3)5-9(2)12(15(20)23)14(22)19-6-11-13(21)18-7-17(11,8-19)16(24)25/h5,11H,4,6-8H2,1-3H3,(H,18,21)(H,24,25)/t11-,17+/m0/s1. The molecule has 0 aliphatic carbocycles. The second-order valence-corrected chi connectivity index (χ2v) is 6.81. The van der Waals surface area contributed by atoms with Gasteiger partial charge in [-0.1, -0.05) is 0 Å². The molecule has 2 amide bonds. The fraction of sp³-hybridized carbons (Fsp3) is 0.529. The maximum Gasteiger partial charge on any atom is 0.314 e. The molecule has 134 valence electrons. The second kappa shape index (κ2) is 5.72. The van der Waals surface area contributed by atoms with Gasteiger partial charge in [-0.25, -0.2) is 0 Å². The Labute approximate surface area is 144 Å². The highest BCUT2D eigenvalue weighted by Gasteiger charge is 2.60. The number of likely N-dealkylation sites (tertiary alicyclic amines) is 1. The molecule has 2 atom stereocenters. The minimum Gasteiger partial charge on any atom is -0.481 e. The third-order valence-corrected chi connectivity index (χ3v) is 5.39. The predicted octanol–water partition coefficient (Wildman–Crippen LogP) is -0.242. The monoisotopic (exact) mass is 347 g/mol. The average Bonchev–Trinajstić information content (AvgIpc) is 3.06. The quantitative estimate of drug-likeness (QED) is 0.784. The molecule has 0 radical (unpaired) electrons. The van der Waals surface area contributed by atoms with E-state index in [1.807, 2.05) is 6.92 Å². The van der Waals surface area contributed by atoms with Gasteiger partial charge in [0, 0.05) is 31.9 Å². The van der Waals surface area contributed by atoms with Crippen molar-refractivity contribution in [1.29, 1.82) is 0 Å². The number of aryl methyl sites for hydroxylation is 2. The van der Waals surface area contributed by atoms with E-state index < -0.39 is 23.2 Å². The summed E-state index contributed by atoms with van der Waals surface area (Å²) in [5, 5.41) is 12.2. The summed E-state index contributed by atoms with van der Waals surface area (Å²) in [7, 11) is 0. The molecule has 2 saturated heterocycles. The lowest BCUT2D eigenvalue weighted by Crippen LogP contribution is -2.42. The van der Waals surface area contributed by atoms with Crippen LogP contribution in [-0.2, 0) is 16.1 Å². The number of hydrogen-bond donors (Lipinski definition) is 2. The molecule has 0 saturated carbocycles. The Morgan fingerprint density at radius 1 is 1.36 bits per heavy atom. The number of aromatic nitrogens is 1. The first-order valence-electron chi connectivity index (χ1n) is 8.24. The zero-order chi connectivity index (χ0) is 18.5. The molecule has 8 nitrogen and oxygen atoms in total. The van der Waals surface area contributed by atoms with Crippen LogP contribution < -0.4 is 10.9 Å². The number of rotatable bonds is 3.